The lowest BCUT2D eigenvalue weighted by molar-refractivity contribution is -0.142. The van der Waals surface area contributed by atoms with Crippen LogP contribution >= 0.6 is 0 Å². The summed E-state index contributed by atoms with van der Waals surface area (Å²) in [7, 11) is 0. The largest absolute Gasteiger partial charge is 0.481 e. The number of amides is 7. The minimum Gasteiger partial charge on any atom is -0.481 e. The number of hydrogen-bond donors (Lipinski definition) is 13. The van der Waals surface area contributed by atoms with E-state index in [1.807, 2.05) is 0 Å². The molecule has 0 radical (unpaired) electrons. The number of aromatic amines is 2. The van der Waals surface area contributed by atoms with Gasteiger partial charge < -0.3 is 68.2 Å². The zero-order chi connectivity index (χ0) is 44.4. The van der Waals surface area contributed by atoms with Gasteiger partial charge in [0.25, 0.3) is 0 Å². The zero-order valence-electron chi connectivity index (χ0n) is 32.6. The molecule has 324 valence electrons. The maximum atomic E-state index is 13.4. The van der Waals surface area contributed by atoms with Crippen LogP contribution in [0.4, 0.5) is 0 Å². The van der Waals surface area contributed by atoms with Crippen LogP contribution in [0.25, 0.3) is 0 Å². The predicted molar refractivity (Wildman–Crippen MR) is 200 cm³/mol. The van der Waals surface area contributed by atoms with Crippen molar-refractivity contribution < 1.29 is 63.3 Å². The highest BCUT2D eigenvalue weighted by molar-refractivity contribution is 5.97. The highest BCUT2D eigenvalue weighted by atomic mass is 16.4. The summed E-state index contributed by atoms with van der Waals surface area (Å²) < 4.78 is 0. The molecule has 0 aromatic carbocycles. The minimum atomic E-state index is -1.57. The van der Waals surface area contributed by atoms with Crippen LogP contribution in [0.1, 0.15) is 64.8 Å². The number of rotatable bonds is 25. The minimum absolute atomic E-state index is 0.132. The van der Waals surface area contributed by atoms with Crippen molar-refractivity contribution in [2.75, 3.05) is 0 Å². The van der Waals surface area contributed by atoms with E-state index in [-0.39, 0.29) is 19.3 Å². The number of carbonyl (C=O) groups excluding carboxylic acids is 7. The number of H-pyrrole nitrogens is 2. The normalized spacial score (nSPS) is 14.9. The lowest BCUT2D eigenvalue weighted by atomic mass is 10.1. The van der Waals surface area contributed by atoms with E-state index in [9.17, 15) is 58.2 Å². The molecule has 2 aromatic rings. The summed E-state index contributed by atoms with van der Waals surface area (Å²) in [5.41, 5.74) is 6.33. The highest BCUT2D eigenvalue weighted by Gasteiger charge is 2.32. The van der Waals surface area contributed by atoms with Gasteiger partial charge in [0, 0.05) is 49.5 Å². The third-order valence-corrected chi connectivity index (χ3v) is 8.43. The van der Waals surface area contributed by atoms with Crippen LogP contribution in [0.5, 0.6) is 0 Å². The van der Waals surface area contributed by atoms with E-state index in [1.54, 1.807) is 0 Å². The first-order valence-corrected chi connectivity index (χ1v) is 18.2. The van der Waals surface area contributed by atoms with Gasteiger partial charge in [-0.15, -0.1) is 0 Å². The summed E-state index contributed by atoms with van der Waals surface area (Å²) in [5, 5.41) is 44.3. The number of aliphatic carboxylic acids is 3. The molecule has 0 spiro atoms. The smallest absolute Gasteiger partial charge is 0.326 e. The number of carbonyl (C=O) groups is 10. The van der Waals surface area contributed by atoms with E-state index in [2.05, 4.69) is 57.2 Å². The third-order valence-electron chi connectivity index (χ3n) is 8.43. The highest BCUT2D eigenvalue weighted by Crippen LogP contribution is 2.06. The van der Waals surface area contributed by atoms with Crippen molar-refractivity contribution in [3.8, 4) is 0 Å². The summed E-state index contributed by atoms with van der Waals surface area (Å²) in [6.45, 7) is 5.05. The average molecular weight is 835 g/mol. The number of aromatic nitrogens is 4. The van der Waals surface area contributed by atoms with Gasteiger partial charge >= 0.3 is 17.9 Å². The fourth-order valence-corrected chi connectivity index (χ4v) is 5.05. The number of imidazole rings is 2. The number of carboxylic acid groups (broad SMARTS) is 3. The molecule has 0 unspecified atom stereocenters. The van der Waals surface area contributed by atoms with Crippen LogP contribution in [-0.4, -0.2) is 143 Å². The van der Waals surface area contributed by atoms with Crippen LogP contribution in [0.15, 0.2) is 25.0 Å². The van der Waals surface area contributed by atoms with Gasteiger partial charge in [-0.25, -0.2) is 14.8 Å². The molecule has 0 saturated heterocycles. The molecule has 59 heavy (non-hydrogen) atoms. The van der Waals surface area contributed by atoms with Crippen molar-refractivity contribution in [3.63, 3.8) is 0 Å². The van der Waals surface area contributed by atoms with E-state index in [0.29, 0.717) is 11.4 Å². The first kappa shape index (κ1) is 48.2. The molecule has 7 amide bonds. The molecule has 0 aliphatic carbocycles. The molecule has 2 heterocycles. The molecule has 0 fully saturated rings. The molecule has 25 nitrogen and oxygen atoms in total. The van der Waals surface area contributed by atoms with E-state index < -0.39 is 127 Å². The fraction of sp³-hybridized carbons (Fsp3) is 0.529. The van der Waals surface area contributed by atoms with Crippen LogP contribution in [0, 0.1) is 0 Å². The van der Waals surface area contributed by atoms with Crippen molar-refractivity contribution in [1.82, 2.24) is 57.2 Å². The van der Waals surface area contributed by atoms with Gasteiger partial charge in [0.2, 0.25) is 41.4 Å². The summed E-state index contributed by atoms with van der Waals surface area (Å²) in [6, 6.07) is -10.9. The molecule has 2 rings (SSSR count). The summed E-state index contributed by atoms with van der Waals surface area (Å²) >= 11 is 0. The van der Waals surface area contributed by atoms with Crippen molar-refractivity contribution in [3.05, 3.63) is 36.4 Å². The summed E-state index contributed by atoms with van der Waals surface area (Å²) in [4.78, 5) is 139. The topological polar surface area (TPSA) is 399 Å². The van der Waals surface area contributed by atoms with Gasteiger partial charge in [-0.3, -0.25) is 43.2 Å². The summed E-state index contributed by atoms with van der Waals surface area (Å²) in [5.74, 6) is -10.3. The zero-order valence-corrected chi connectivity index (χ0v) is 32.6. The predicted octanol–water partition coefficient (Wildman–Crippen LogP) is -4.47. The van der Waals surface area contributed by atoms with Crippen LogP contribution in [0.2, 0.25) is 0 Å². The number of hydrogen-bond acceptors (Lipinski definition) is 13. The van der Waals surface area contributed by atoms with Gasteiger partial charge in [-0.2, -0.15) is 0 Å². The second-order valence-electron chi connectivity index (χ2n) is 13.5. The average Bonchev–Trinajstić information content (AvgIpc) is 3.88. The van der Waals surface area contributed by atoms with E-state index in [0.717, 1.165) is 0 Å². The Hall–Kier alpha value is -6.92. The fourth-order valence-electron chi connectivity index (χ4n) is 5.05. The molecule has 0 bridgehead atoms. The Kier molecular flexibility index (Phi) is 19.1. The van der Waals surface area contributed by atoms with Gasteiger partial charge in [-0.05, 0) is 40.5 Å². The Morgan fingerprint density at radius 2 is 0.864 bits per heavy atom. The van der Waals surface area contributed by atoms with Crippen LogP contribution < -0.4 is 43.0 Å². The maximum Gasteiger partial charge on any atom is 0.326 e. The van der Waals surface area contributed by atoms with Crippen molar-refractivity contribution >= 4 is 59.3 Å². The molecule has 14 N–H and O–H groups in total. The van der Waals surface area contributed by atoms with Crippen molar-refractivity contribution in [2.45, 2.75) is 115 Å². The Morgan fingerprint density at radius 3 is 1.20 bits per heavy atom. The molecular formula is C34H50N12O13. The third kappa shape index (κ3) is 17.0. The second kappa shape index (κ2) is 23.3. The molecule has 25 heteroatoms. The molecule has 2 aromatic heterocycles. The Morgan fingerprint density at radius 1 is 0.525 bits per heavy atom. The lowest BCUT2D eigenvalue weighted by Gasteiger charge is -2.25. The standard InChI is InChI=1S/C34H50N12O13/c1-15(35)27(51)43-21(5-7-25(47)48)31(55)40-16(2)28(52)44-22(6-8-26(49)50)32(56)41-17(3)29(53)45-23(9-19-11-36-13-38-19)33(57)42-18(4)30(54)46-24(34(58)59)10-20-12-37-14-39-20/h11-18,21-24H,5-10,35H2,1-4H3,(H,36,38)(H,37,39)(H,40,55)(H,41,56)(H,42,57)(H,43,51)(H,44,52)(H,45,53)(H,46,54)(H,47,48)(H,49,50)(H,58,59)/t15-,16-,17-,18-,21-,22-,23-,24-/m0/s1. The first-order valence-electron chi connectivity index (χ1n) is 18.2. The SMILES string of the molecule is C[C@H](N)C(=O)N[C@@H](CCC(=O)O)C(=O)N[C@@H](C)C(=O)N[C@@H](CCC(=O)O)C(=O)N[C@@H](C)C(=O)N[C@@H](Cc1cnc[nH]1)C(=O)N[C@@H](C)C(=O)N[C@@H](Cc1cnc[nH]1)C(=O)O. The van der Waals surface area contributed by atoms with E-state index in [4.69, 9.17) is 10.8 Å². The quantitative estimate of drug-likeness (QED) is 0.0449. The Balaban J connectivity index is 2.13. The van der Waals surface area contributed by atoms with Gasteiger partial charge in [-0.1, -0.05) is 0 Å². The molecule has 0 aliphatic rings. The molecule has 0 saturated carbocycles. The van der Waals surface area contributed by atoms with Crippen molar-refractivity contribution in [2.24, 2.45) is 5.73 Å². The van der Waals surface area contributed by atoms with E-state index in [1.165, 1.54) is 52.7 Å². The van der Waals surface area contributed by atoms with Gasteiger partial charge in [0.1, 0.15) is 42.3 Å². The first-order chi connectivity index (χ1) is 27.7. The molecule has 8 atom stereocenters. The number of nitrogens with two attached hydrogens (primary N) is 1. The Labute approximate surface area is 336 Å². The lowest BCUT2D eigenvalue weighted by Crippen LogP contribution is -2.59. The summed E-state index contributed by atoms with van der Waals surface area (Å²) in [6.07, 6.45) is 3.13. The molecular weight excluding hydrogens is 784 g/mol. The number of nitrogens with zero attached hydrogens (tertiary/aromatic N) is 2. The Bertz CT molecular complexity index is 1800. The van der Waals surface area contributed by atoms with Gasteiger partial charge in [0.05, 0.1) is 18.7 Å². The second-order valence-corrected chi connectivity index (χ2v) is 13.5. The van der Waals surface area contributed by atoms with Crippen LogP contribution in [0.3, 0.4) is 0 Å². The van der Waals surface area contributed by atoms with Crippen LogP contribution in [-0.2, 0) is 60.8 Å². The van der Waals surface area contributed by atoms with Gasteiger partial charge in [0.15, 0.2) is 0 Å². The number of carboxylic acids is 3. The van der Waals surface area contributed by atoms with E-state index >= 15 is 0 Å². The van der Waals surface area contributed by atoms with Crippen molar-refractivity contribution in [1.29, 1.82) is 0 Å². The molecule has 0 aliphatic heterocycles. The number of nitrogens with one attached hydrogen (secondary N) is 9. The maximum absolute atomic E-state index is 13.4. The monoisotopic (exact) mass is 834 g/mol.